The summed E-state index contributed by atoms with van der Waals surface area (Å²) in [6.07, 6.45) is 0.362. The van der Waals surface area contributed by atoms with Crippen LogP contribution in [0.25, 0.3) is 0 Å². The number of aromatic nitrogens is 2. The summed E-state index contributed by atoms with van der Waals surface area (Å²) in [5, 5.41) is 7.76. The molecule has 0 fully saturated rings. The first-order valence-corrected chi connectivity index (χ1v) is 8.07. The molecule has 0 aromatic carbocycles. The Labute approximate surface area is 135 Å². The first-order chi connectivity index (χ1) is 10.1. The van der Waals surface area contributed by atoms with E-state index in [0.717, 1.165) is 11.8 Å². The van der Waals surface area contributed by atoms with Gasteiger partial charge in [-0.05, 0) is 12.8 Å². The molecule has 0 spiro atoms. The Morgan fingerprint density at radius 2 is 1.82 bits per heavy atom. The van der Waals surface area contributed by atoms with Gasteiger partial charge in [0.05, 0.1) is 5.25 Å². The van der Waals surface area contributed by atoms with Gasteiger partial charge in [-0.1, -0.05) is 46.4 Å². The van der Waals surface area contributed by atoms with Crippen LogP contribution in [-0.4, -0.2) is 27.3 Å². The van der Waals surface area contributed by atoms with Gasteiger partial charge >= 0.3 is 0 Å². The SMILES string of the molecule is CC(C)CC(=O)NNC(=O)[C@H](C)Sc1nnc(C(C)(C)C)o1. The maximum absolute atomic E-state index is 11.9. The number of carbonyl (C=O) groups excluding carboxylic acids is 2. The zero-order valence-corrected chi connectivity index (χ0v) is 14.7. The second-order valence-corrected chi connectivity index (χ2v) is 7.81. The molecule has 0 aliphatic carbocycles. The normalized spacial score (nSPS) is 13.0. The predicted molar refractivity (Wildman–Crippen MR) is 84.1 cm³/mol. The third-order valence-corrected chi connectivity index (χ3v) is 3.55. The predicted octanol–water partition coefficient (Wildman–Crippen LogP) is 2.04. The molecule has 8 heteroatoms. The van der Waals surface area contributed by atoms with Crippen LogP contribution in [0, 0.1) is 5.92 Å². The summed E-state index contributed by atoms with van der Waals surface area (Å²) in [5.41, 5.74) is 4.55. The van der Waals surface area contributed by atoms with Crippen LogP contribution < -0.4 is 10.9 Å². The minimum absolute atomic E-state index is 0.214. The van der Waals surface area contributed by atoms with E-state index in [1.165, 1.54) is 0 Å². The van der Waals surface area contributed by atoms with Crippen LogP contribution in [0.5, 0.6) is 0 Å². The van der Waals surface area contributed by atoms with Gasteiger partial charge in [-0.15, -0.1) is 10.2 Å². The van der Waals surface area contributed by atoms with Crippen molar-refractivity contribution in [3.63, 3.8) is 0 Å². The molecular weight excluding hydrogens is 304 g/mol. The number of hydrogen-bond donors (Lipinski definition) is 2. The molecule has 0 saturated carbocycles. The maximum Gasteiger partial charge on any atom is 0.277 e. The monoisotopic (exact) mass is 328 g/mol. The lowest BCUT2D eigenvalue weighted by molar-refractivity contribution is -0.128. The van der Waals surface area contributed by atoms with Crippen molar-refractivity contribution in [1.82, 2.24) is 21.0 Å². The van der Waals surface area contributed by atoms with Gasteiger partial charge in [0.15, 0.2) is 0 Å². The first-order valence-electron chi connectivity index (χ1n) is 7.19. The molecule has 0 saturated heterocycles. The number of nitrogens with one attached hydrogen (secondary N) is 2. The van der Waals surface area contributed by atoms with E-state index in [2.05, 4.69) is 21.0 Å². The highest BCUT2D eigenvalue weighted by Crippen LogP contribution is 2.26. The Bertz CT molecular complexity index is 522. The minimum atomic E-state index is -0.465. The Balaban J connectivity index is 2.47. The van der Waals surface area contributed by atoms with Gasteiger partial charge in [-0.25, -0.2) is 0 Å². The molecule has 1 heterocycles. The van der Waals surface area contributed by atoms with Crippen LogP contribution in [-0.2, 0) is 15.0 Å². The zero-order chi connectivity index (χ0) is 16.9. The van der Waals surface area contributed by atoms with E-state index in [1.54, 1.807) is 6.92 Å². The summed E-state index contributed by atoms with van der Waals surface area (Å²) in [7, 11) is 0. The molecule has 0 radical (unpaired) electrons. The number of thioether (sulfide) groups is 1. The average molecular weight is 328 g/mol. The minimum Gasteiger partial charge on any atom is -0.415 e. The number of rotatable bonds is 5. The number of hydrogen-bond acceptors (Lipinski definition) is 6. The lowest BCUT2D eigenvalue weighted by Crippen LogP contribution is -2.45. The summed E-state index contributed by atoms with van der Waals surface area (Å²) in [5.74, 6) is 0.219. The van der Waals surface area contributed by atoms with Crippen LogP contribution in [0.15, 0.2) is 9.64 Å². The molecule has 0 unspecified atom stereocenters. The molecule has 7 nitrogen and oxygen atoms in total. The van der Waals surface area contributed by atoms with Gasteiger partial charge in [-0.3, -0.25) is 20.4 Å². The molecule has 22 heavy (non-hydrogen) atoms. The Kier molecular flexibility index (Phi) is 6.40. The molecule has 1 aromatic rings. The van der Waals surface area contributed by atoms with E-state index in [-0.39, 0.29) is 23.1 Å². The van der Waals surface area contributed by atoms with Gasteiger partial charge in [0, 0.05) is 11.8 Å². The Hall–Kier alpha value is -1.57. The van der Waals surface area contributed by atoms with Crippen molar-refractivity contribution in [2.75, 3.05) is 0 Å². The lowest BCUT2D eigenvalue weighted by Gasteiger charge is -2.12. The quantitative estimate of drug-likeness (QED) is 0.634. The molecule has 0 aliphatic rings. The fourth-order valence-electron chi connectivity index (χ4n) is 1.42. The second-order valence-electron chi connectivity index (χ2n) is 6.52. The standard InChI is InChI=1S/C14H24N4O3S/c1-8(2)7-10(19)15-16-11(20)9(3)22-13-18-17-12(21-13)14(4,5)6/h8-9H,7H2,1-6H3,(H,15,19)(H,16,20)/t9-/m0/s1. The third-order valence-electron chi connectivity index (χ3n) is 2.61. The number of carbonyl (C=O) groups is 2. The molecule has 1 aromatic heterocycles. The molecule has 2 amide bonds. The fourth-order valence-corrected chi connectivity index (χ4v) is 2.10. The van der Waals surface area contributed by atoms with Gasteiger partial charge in [-0.2, -0.15) is 0 Å². The van der Waals surface area contributed by atoms with E-state index in [1.807, 2.05) is 34.6 Å². The number of amides is 2. The van der Waals surface area contributed by atoms with E-state index in [9.17, 15) is 9.59 Å². The molecular formula is C14H24N4O3S. The lowest BCUT2D eigenvalue weighted by atomic mass is 9.97. The van der Waals surface area contributed by atoms with Crippen molar-refractivity contribution in [3.8, 4) is 0 Å². The van der Waals surface area contributed by atoms with Crippen molar-refractivity contribution in [1.29, 1.82) is 0 Å². The molecule has 2 N–H and O–H groups in total. The first kappa shape index (κ1) is 18.5. The highest BCUT2D eigenvalue weighted by Gasteiger charge is 2.24. The summed E-state index contributed by atoms with van der Waals surface area (Å²) >= 11 is 1.15. The van der Waals surface area contributed by atoms with Crippen LogP contribution >= 0.6 is 11.8 Å². The third kappa shape index (κ3) is 6.05. The highest BCUT2D eigenvalue weighted by atomic mass is 32.2. The van der Waals surface area contributed by atoms with Gasteiger partial charge < -0.3 is 4.42 Å². The van der Waals surface area contributed by atoms with Crippen molar-refractivity contribution in [2.24, 2.45) is 5.92 Å². The highest BCUT2D eigenvalue weighted by molar-refractivity contribution is 8.00. The van der Waals surface area contributed by atoms with Gasteiger partial charge in [0.1, 0.15) is 0 Å². The number of hydrazine groups is 1. The zero-order valence-electron chi connectivity index (χ0n) is 13.9. The van der Waals surface area contributed by atoms with Crippen LogP contribution in [0.1, 0.15) is 53.9 Å². The van der Waals surface area contributed by atoms with E-state index < -0.39 is 5.25 Å². The van der Waals surface area contributed by atoms with Crippen LogP contribution in [0.2, 0.25) is 0 Å². The summed E-state index contributed by atoms with van der Waals surface area (Å²) in [6, 6.07) is 0. The van der Waals surface area contributed by atoms with Gasteiger partial charge in [0.2, 0.25) is 11.8 Å². The maximum atomic E-state index is 11.9. The van der Waals surface area contributed by atoms with E-state index in [0.29, 0.717) is 17.5 Å². The summed E-state index contributed by atoms with van der Waals surface area (Å²) < 4.78 is 5.52. The van der Waals surface area contributed by atoms with Gasteiger partial charge in [0.25, 0.3) is 11.1 Å². The number of nitrogens with zero attached hydrogens (tertiary/aromatic N) is 2. The summed E-state index contributed by atoms with van der Waals surface area (Å²) in [6.45, 7) is 11.5. The average Bonchev–Trinajstić information content (AvgIpc) is 2.83. The van der Waals surface area contributed by atoms with Crippen molar-refractivity contribution >= 4 is 23.6 Å². The molecule has 0 aliphatic heterocycles. The Morgan fingerprint density at radius 1 is 1.18 bits per heavy atom. The van der Waals surface area contributed by atoms with E-state index in [4.69, 9.17) is 4.42 Å². The molecule has 0 bridgehead atoms. The van der Waals surface area contributed by atoms with E-state index >= 15 is 0 Å². The summed E-state index contributed by atoms with van der Waals surface area (Å²) in [4.78, 5) is 23.4. The molecule has 1 rings (SSSR count). The van der Waals surface area contributed by atoms with Crippen molar-refractivity contribution in [2.45, 2.75) is 63.9 Å². The largest absolute Gasteiger partial charge is 0.415 e. The molecule has 1 atom stereocenters. The van der Waals surface area contributed by atoms with Crippen molar-refractivity contribution in [3.05, 3.63) is 5.89 Å². The van der Waals surface area contributed by atoms with Crippen LogP contribution in [0.4, 0.5) is 0 Å². The Morgan fingerprint density at radius 3 is 2.32 bits per heavy atom. The van der Waals surface area contributed by atoms with Crippen molar-refractivity contribution < 1.29 is 14.0 Å². The van der Waals surface area contributed by atoms with Crippen LogP contribution in [0.3, 0.4) is 0 Å². The fraction of sp³-hybridized carbons (Fsp3) is 0.714. The second kappa shape index (κ2) is 7.62. The smallest absolute Gasteiger partial charge is 0.277 e. The molecule has 124 valence electrons. The topological polar surface area (TPSA) is 97.1 Å².